The predicted octanol–water partition coefficient (Wildman–Crippen LogP) is 3.74. The SMILES string of the molecule is CC1CC1C(=O)Nc1cccc(S(=O)(=O)Nc2ccc(Cl)cc2)c1. The Bertz CT molecular complexity index is 866. The van der Waals surface area contributed by atoms with E-state index in [1.165, 1.54) is 12.1 Å². The van der Waals surface area contributed by atoms with E-state index in [0.29, 0.717) is 22.3 Å². The Morgan fingerprint density at radius 3 is 2.42 bits per heavy atom. The van der Waals surface area contributed by atoms with Crippen LogP contribution < -0.4 is 10.0 Å². The normalized spacial score (nSPS) is 19.6. The lowest BCUT2D eigenvalue weighted by Gasteiger charge is -2.10. The first-order valence-electron chi connectivity index (χ1n) is 7.54. The minimum absolute atomic E-state index is 0.0254. The molecule has 1 aliphatic carbocycles. The van der Waals surface area contributed by atoms with Gasteiger partial charge in [0.15, 0.2) is 0 Å². The summed E-state index contributed by atoms with van der Waals surface area (Å²) in [5, 5.41) is 3.29. The van der Waals surface area contributed by atoms with E-state index in [9.17, 15) is 13.2 Å². The number of sulfonamides is 1. The van der Waals surface area contributed by atoms with Gasteiger partial charge in [0.05, 0.1) is 4.90 Å². The molecular weight excluding hydrogens is 348 g/mol. The van der Waals surface area contributed by atoms with Crippen LogP contribution in [0.1, 0.15) is 13.3 Å². The quantitative estimate of drug-likeness (QED) is 0.848. The first-order chi connectivity index (χ1) is 11.3. The number of carbonyl (C=O) groups excluding carboxylic acids is 1. The van der Waals surface area contributed by atoms with Crippen molar-refractivity contribution < 1.29 is 13.2 Å². The Labute approximate surface area is 146 Å². The van der Waals surface area contributed by atoms with Gasteiger partial charge in [0, 0.05) is 22.3 Å². The topological polar surface area (TPSA) is 75.3 Å². The molecule has 2 aromatic rings. The van der Waals surface area contributed by atoms with Crippen LogP contribution in [0.3, 0.4) is 0 Å². The van der Waals surface area contributed by atoms with E-state index in [4.69, 9.17) is 11.6 Å². The smallest absolute Gasteiger partial charge is 0.261 e. The molecule has 0 radical (unpaired) electrons. The molecule has 0 saturated heterocycles. The lowest BCUT2D eigenvalue weighted by molar-refractivity contribution is -0.117. The van der Waals surface area contributed by atoms with Crippen molar-refractivity contribution in [1.29, 1.82) is 0 Å². The zero-order valence-electron chi connectivity index (χ0n) is 13.0. The molecule has 0 aromatic heterocycles. The van der Waals surface area contributed by atoms with Gasteiger partial charge < -0.3 is 5.32 Å². The summed E-state index contributed by atoms with van der Waals surface area (Å²) >= 11 is 5.79. The predicted molar refractivity (Wildman–Crippen MR) is 94.6 cm³/mol. The number of benzene rings is 2. The molecule has 2 N–H and O–H groups in total. The van der Waals surface area contributed by atoms with Crippen LogP contribution in [0.2, 0.25) is 5.02 Å². The Hall–Kier alpha value is -2.05. The van der Waals surface area contributed by atoms with Crippen LogP contribution in [0.15, 0.2) is 53.4 Å². The molecule has 7 heteroatoms. The van der Waals surface area contributed by atoms with Crippen molar-refractivity contribution in [3.05, 3.63) is 53.6 Å². The fourth-order valence-corrected chi connectivity index (χ4v) is 3.63. The van der Waals surface area contributed by atoms with Crippen LogP contribution >= 0.6 is 11.6 Å². The first-order valence-corrected chi connectivity index (χ1v) is 9.40. The van der Waals surface area contributed by atoms with Gasteiger partial charge in [-0.25, -0.2) is 8.42 Å². The highest BCUT2D eigenvalue weighted by atomic mass is 35.5. The van der Waals surface area contributed by atoms with Gasteiger partial charge in [-0.2, -0.15) is 0 Å². The molecule has 2 aromatic carbocycles. The second-order valence-corrected chi connectivity index (χ2v) is 8.07. The summed E-state index contributed by atoms with van der Waals surface area (Å²) in [4.78, 5) is 12.1. The maximum atomic E-state index is 12.5. The molecule has 0 spiro atoms. The van der Waals surface area contributed by atoms with Crippen LogP contribution in [0.25, 0.3) is 0 Å². The van der Waals surface area contributed by atoms with Gasteiger partial charge in [-0.1, -0.05) is 24.6 Å². The lowest BCUT2D eigenvalue weighted by Crippen LogP contribution is -2.16. The van der Waals surface area contributed by atoms with E-state index in [1.807, 2.05) is 6.92 Å². The van der Waals surface area contributed by atoms with Gasteiger partial charge in [0.25, 0.3) is 10.0 Å². The molecule has 0 heterocycles. The van der Waals surface area contributed by atoms with Crippen LogP contribution in [-0.4, -0.2) is 14.3 Å². The molecule has 126 valence electrons. The third-order valence-electron chi connectivity index (χ3n) is 3.95. The minimum Gasteiger partial charge on any atom is -0.326 e. The maximum Gasteiger partial charge on any atom is 0.261 e. The fourth-order valence-electron chi connectivity index (χ4n) is 2.40. The summed E-state index contributed by atoms with van der Waals surface area (Å²) in [6.45, 7) is 2.02. The highest BCUT2D eigenvalue weighted by Gasteiger charge is 2.39. The zero-order valence-corrected chi connectivity index (χ0v) is 14.6. The van der Waals surface area contributed by atoms with E-state index < -0.39 is 10.0 Å². The highest BCUT2D eigenvalue weighted by molar-refractivity contribution is 7.92. The maximum absolute atomic E-state index is 12.5. The summed E-state index contributed by atoms with van der Waals surface area (Å²) in [7, 11) is -3.74. The van der Waals surface area contributed by atoms with E-state index >= 15 is 0 Å². The Kier molecular flexibility index (Phi) is 4.51. The number of hydrogen-bond donors (Lipinski definition) is 2. The second-order valence-electron chi connectivity index (χ2n) is 5.95. The third-order valence-corrected chi connectivity index (χ3v) is 5.59. The van der Waals surface area contributed by atoms with Gasteiger partial charge in [0.1, 0.15) is 0 Å². The van der Waals surface area contributed by atoms with Crippen LogP contribution in [0, 0.1) is 11.8 Å². The van der Waals surface area contributed by atoms with Crippen molar-refractivity contribution in [2.75, 3.05) is 10.0 Å². The van der Waals surface area contributed by atoms with Gasteiger partial charge in [-0.05, 0) is 54.8 Å². The van der Waals surface area contributed by atoms with Crippen LogP contribution in [0.5, 0.6) is 0 Å². The molecule has 5 nitrogen and oxygen atoms in total. The van der Waals surface area contributed by atoms with Crippen LogP contribution in [-0.2, 0) is 14.8 Å². The average Bonchev–Trinajstić information content (AvgIpc) is 3.27. The molecule has 3 rings (SSSR count). The average molecular weight is 365 g/mol. The van der Waals surface area contributed by atoms with Gasteiger partial charge in [0.2, 0.25) is 5.91 Å². The van der Waals surface area contributed by atoms with E-state index in [1.54, 1.807) is 36.4 Å². The Balaban J connectivity index is 1.76. The molecule has 1 aliphatic rings. The summed E-state index contributed by atoms with van der Waals surface area (Å²) in [5.41, 5.74) is 0.888. The zero-order chi connectivity index (χ0) is 17.3. The van der Waals surface area contributed by atoms with Gasteiger partial charge in [-0.3, -0.25) is 9.52 Å². The molecule has 2 unspecified atom stereocenters. The number of carbonyl (C=O) groups is 1. The molecule has 2 atom stereocenters. The van der Waals surface area contributed by atoms with Crippen molar-refractivity contribution >= 4 is 38.9 Å². The number of halogens is 1. The summed E-state index contributed by atoms with van der Waals surface area (Å²) in [6.07, 6.45) is 0.877. The molecular formula is C17H17ClN2O3S. The number of rotatable bonds is 5. The summed E-state index contributed by atoms with van der Waals surface area (Å²) in [5.74, 6) is 0.351. The number of nitrogens with one attached hydrogen (secondary N) is 2. The van der Waals surface area contributed by atoms with Crippen molar-refractivity contribution in [1.82, 2.24) is 0 Å². The van der Waals surface area contributed by atoms with Crippen molar-refractivity contribution in [3.8, 4) is 0 Å². The first kappa shape index (κ1) is 16.8. The Morgan fingerprint density at radius 2 is 1.79 bits per heavy atom. The third kappa shape index (κ3) is 3.88. The van der Waals surface area contributed by atoms with Crippen molar-refractivity contribution in [2.45, 2.75) is 18.2 Å². The van der Waals surface area contributed by atoms with Gasteiger partial charge in [-0.15, -0.1) is 0 Å². The molecule has 24 heavy (non-hydrogen) atoms. The number of hydrogen-bond acceptors (Lipinski definition) is 3. The fraction of sp³-hybridized carbons (Fsp3) is 0.235. The molecule has 1 saturated carbocycles. The highest BCUT2D eigenvalue weighted by Crippen LogP contribution is 2.38. The van der Waals surface area contributed by atoms with E-state index in [0.717, 1.165) is 6.42 Å². The molecule has 1 amide bonds. The number of amides is 1. The van der Waals surface area contributed by atoms with E-state index in [-0.39, 0.29) is 16.7 Å². The van der Waals surface area contributed by atoms with Crippen LogP contribution in [0.4, 0.5) is 11.4 Å². The molecule has 0 bridgehead atoms. The number of anilines is 2. The Morgan fingerprint density at radius 1 is 1.12 bits per heavy atom. The van der Waals surface area contributed by atoms with E-state index in [2.05, 4.69) is 10.0 Å². The minimum atomic E-state index is -3.74. The summed E-state index contributed by atoms with van der Waals surface area (Å²) < 4.78 is 27.4. The molecule has 0 aliphatic heterocycles. The molecule has 1 fully saturated rings. The standard InChI is InChI=1S/C17H17ClN2O3S/c1-11-9-16(11)17(21)19-14-3-2-4-15(10-14)24(22,23)20-13-7-5-12(18)6-8-13/h2-8,10-11,16,20H,9H2,1H3,(H,19,21). The largest absolute Gasteiger partial charge is 0.326 e. The summed E-state index contributed by atoms with van der Waals surface area (Å²) in [6, 6.07) is 12.6. The second kappa shape index (κ2) is 6.45. The van der Waals surface area contributed by atoms with Crippen molar-refractivity contribution in [2.24, 2.45) is 11.8 Å². The monoisotopic (exact) mass is 364 g/mol. The van der Waals surface area contributed by atoms with Gasteiger partial charge >= 0.3 is 0 Å². The van der Waals surface area contributed by atoms with Crippen molar-refractivity contribution in [3.63, 3.8) is 0 Å². The lowest BCUT2D eigenvalue weighted by atomic mass is 10.3.